The van der Waals surface area contributed by atoms with Gasteiger partial charge in [0, 0.05) is 39.4 Å². The smallest absolute Gasteiger partial charge is 0.344 e. The van der Waals surface area contributed by atoms with Gasteiger partial charge in [-0.05, 0) is 48.9 Å². The number of hydrogen-bond acceptors (Lipinski definition) is 7. The van der Waals surface area contributed by atoms with Crippen LogP contribution in [0.15, 0.2) is 63.8 Å². The van der Waals surface area contributed by atoms with E-state index in [0.29, 0.717) is 34.5 Å². The fourth-order valence-corrected chi connectivity index (χ4v) is 5.41. The maximum atomic E-state index is 13.4. The van der Waals surface area contributed by atoms with Crippen LogP contribution < -0.4 is 15.1 Å². The third-order valence-electron chi connectivity index (χ3n) is 7.44. The highest BCUT2D eigenvalue weighted by molar-refractivity contribution is 6.06. The maximum Gasteiger partial charge on any atom is 0.344 e. The second-order valence-corrected chi connectivity index (χ2v) is 9.55. The van der Waals surface area contributed by atoms with Crippen molar-refractivity contribution in [1.29, 1.82) is 0 Å². The van der Waals surface area contributed by atoms with Crippen molar-refractivity contribution < 1.29 is 28.2 Å². The Morgan fingerprint density at radius 3 is 2.62 bits per heavy atom. The van der Waals surface area contributed by atoms with Gasteiger partial charge in [0.2, 0.25) is 0 Å². The first-order valence-electron chi connectivity index (χ1n) is 12.5. The van der Waals surface area contributed by atoms with Crippen molar-refractivity contribution in [2.24, 2.45) is 0 Å². The van der Waals surface area contributed by atoms with Crippen LogP contribution in [0, 0.1) is 6.92 Å². The predicted molar refractivity (Wildman–Crippen MR) is 145 cm³/mol. The SMILES string of the molecule is COC(=O)C1Cc2c([nH]c3ccccc23)CN1C(=O)COc1ccc2c(oc(=O)c3cc(OC)ccc32)c1C. The first-order chi connectivity index (χ1) is 18.9. The largest absolute Gasteiger partial charge is 0.497 e. The van der Waals surface area contributed by atoms with Gasteiger partial charge < -0.3 is 28.5 Å². The third-order valence-corrected chi connectivity index (χ3v) is 7.44. The summed E-state index contributed by atoms with van der Waals surface area (Å²) in [5.74, 6) is 0.129. The lowest BCUT2D eigenvalue weighted by Crippen LogP contribution is -2.50. The highest BCUT2D eigenvalue weighted by atomic mass is 16.5. The first-order valence-corrected chi connectivity index (χ1v) is 12.5. The standard InChI is InChI=1S/C30H26N2O7/c1-16-26(11-10-20-18-9-8-17(36-2)12-22(18)29(34)39-28(16)20)38-15-27(33)32-14-24-21(13-25(32)30(35)37-3)19-6-4-5-7-23(19)31-24/h4-12,25,31H,13-15H2,1-3H3. The molecule has 0 fully saturated rings. The number of aromatic amines is 1. The molecule has 0 bridgehead atoms. The number of aryl methyl sites for hydroxylation is 1. The zero-order valence-corrected chi connectivity index (χ0v) is 21.7. The van der Waals surface area contributed by atoms with Gasteiger partial charge in [-0.3, -0.25) is 4.79 Å². The van der Waals surface area contributed by atoms with Gasteiger partial charge >= 0.3 is 11.6 Å². The average molecular weight is 527 g/mol. The summed E-state index contributed by atoms with van der Waals surface area (Å²) in [4.78, 5) is 43.7. The van der Waals surface area contributed by atoms with E-state index in [1.54, 1.807) is 31.2 Å². The molecule has 5 aromatic rings. The molecule has 1 N–H and O–H groups in total. The number of amides is 1. The molecule has 2 aromatic heterocycles. The summed E-state index contributed by atoms with van der Waals surface area (Å²) in [5, 5.41) is 2.93. The molecule has 0 spiro atoms. The van der Waals surface area contributed by atoms with Crippen LogP contribution in [0.4, 0.5) is 0 Å². The van der Waals surface area contributed by atoms with E-state index in [0.717, 1.165) is 32.9 Å². The van der Waals surface area contributed by atoms with Crippen molar-refractivity contribution in [2.45, 2.75) is 25.9 Å². The topological polar surface area (TPSA) is 111 Å². The molecule has 6 rings (SSSR count). The van der Waals surface area contributed by atoms with Gasteiger partial charge in [0.25, 0.3) is 5.91 Å². The van der Waals surface area contributed by atoms with Gasteiger partial charge in [-0.2, -0.15) is 0 Å². The Bertz CT molecular complexity index is 1830. The van der Waals surface area contributed by atoms with Gasteiger partial charge in [-0.1, -0.05) is 18.2 Å². The number of aromatic nitrogens is 1. The monoisotopic (exact) mass is 526 g/mol. The van der Waals surface area contributed by atoms with Crippen LogP contribution >= 0.6 is 0 Å². The number of carbonyl (C=O) groups excluding carboxylic acids is 2. The fourth-order valence-electron chi connectivity index (χ4n) is 5.41. The molecule has 0 saturated carbocycles. The number of esters is 1. The van der Waals surface area contributed by atoms with Gasteiger partial charge in [0.05, 0.1) is 26.2 Å². The van der Waals surface area contributed by atoms with E-state index >= 15 is 0 Å². The van der Waals surface area contributed by atoms with Crippen LogP contribution in [-0.4, -0.2) is 48.6 Å². The molecule has 1 unspecified atom stereocenters. The molecular formula is C30H26N2O7. The minimum atomic E-state index is -0.767. The second kappa shape index (κ2) is 9.50. The van der Waals surface area contributed by atoms with E-state index in [2.05, 4.69) is 4.98 Å². The van der Waals surface area contributed by atoms with Gasteiger partial charge in [0.15, 0.2) is 6.61 Å². The van der Waals surface area contributed by atoms with Crippen LogP contribution in [-0.2, 0) is 27.3 Å². The number of rotatable bonds is 5. The van der Waals surface area contributed by atoms with Crippen LogP contribution in [0.5, 0.6) is 11.5 Å². The Morgan fingerprint density at radius 2 is 1.82 bits per heavy atom. The molecule has 9 heteroatoms. The Morgan fingerprint density at radius 1 is 1.03 bits per heavy atom. The summed E-state index contributed by atoms with van der Waals surface area (Å²) in [6.07, 6.45) is 0.343. The minimum absolute atomic E-state index is 0.229. The molecule has 0 aliphatic carbocycles. The normalized spacial score (nSPS) is 14.9. The molecule has 39 heavy (non-hydrogen) atoms. The summed E-state index contributed by atoms with van der Waals surface area (Å²) in [6.45, 7) is 1.70. The summed E-state index contributed by atoms with van der Waals surface area (Å²) >= 11 is 0. The molecule has 1 aliphatic heterocycles. The first kappa shape index (κ1) is 24.5. The molecule has 1 aliphatic rings. The summed E-state index contributed by atoms with van der Waals surface area (Å²) in [6, 6.07) is 15.9. The number of methoxy groups -OCH3 is 2. The maximum absolute atomic E-state index is 13.4. The van der Waals surface area contributed by atoms with Crippen molar-refractivity contribution in [3.8, 4) is 11.5 Å². The van der Waals surface area contributed by atoms with Crippen molar-refractivity contribution in [2.75, 3.05) is 20.8 Å². The molecule has 1 atom stereocenters. The zero-order valence-electron chi connectivity index (χ0n) is 21.7. The highest BCUT2D eigenvalue weighted by Gasteiger charge is 2.37. The van der Waals surface area contributed by atoms with E-state index in [-0.39, 0.29) is 19.1 Å². The van der Waals surface area contributed by atoms with Crippen LogP contribution in [0.2, 0.25) is 0 Å². The number of hydrogen-bond donors (Lipinski definition) is 1. The Kier molecular flexibility index (Phi) is 5.98. The van der Waals surface area contributed by atoms with Crippen molar-refractivity contribution in [3.63, 3.8) is 0 Å². The fraction of sp³-hybridized carbons (Fsp3) is 0.233. The molecule has 1 amide bonds. The molecular weight excluding hydrogens is 500 g/mol. The molecule has 9 nitrogen and oxygen atoms in total. The van der Waals surface area contributed by atoms with Gasteiger partial charge in [0.1, 0.15) is 23.1 Å². The van der Waals surface area contributed by atoms with E-state index in [9.17, 15) is 14.4 Å². The number of benzene rings is 3. The minimum Gasteiger partial charge on any atom is -0.497 e. The highest BCUT2D eigenvalue weighted by Crippen LogP contribution is 2.33. The zero-order chi connectivity index (χ0) is 27.3. The van der Waals surface area contributed by atoms with E-state index < -0.39 is 17.6 Å². The van der Waals surface area contributed by atoms with Crippen LogP contribution in [0.1, 0.15) is 16.8 Å². The molecule has 3 aromatic carbocycles. The number of H-pyrrole nitrogens is 1. The Labute approximate surface area is 222 Å². The van der Waals surface area contributed by atoms with Crippen LogP contribution in [0.25, 0.3) is 32.6 Å². The molecule has 0 saturated heterocycles. The van der Waals surface area contributed by atoms with E-state index in [4.69, 9.17) is 18.6 Å². The predicted octanol–water partition coefficient (Wildman–Crippen LogP) is 4.25. The Hall–Kier alpha value is -4.79. The van der Waals surface area contributed by atoms with Crippen LogP contribution in [0.3, 0.4) is 0 Å². The Balaban J connectivity index is 1.29. The van der Waals surface area contributed by atoms with E-state index in [1.807, 2.05) is 30.3 Å². The number of carbonyl (C=O) groups is 2. The van der Waals surface area contributed by atoms with E-state index in [1.165, 1.54) is 19.1 Å². The average Bonchev–Trinajstić information content (AvgIpc) is 3.33. The summed E-state index contributed by atoms with van der Waals surface area (Å²) < 4.78 is 21.8. The number of nitrogens with zero attached hydrogens (tertiary/aromatic N) is 1. The molecule has 198 valence electrons. The number of para-hydroxylation sites is 1. The second-order valence-electron chi connectivity index (χ2n) is 9.55. The van der Waals surface area contributed by atoms with Gasteiger partial charge in [-0.15, -0.1) is 0 Å². The quantitative estimate of drug-likeness (QED) is 0.207. The number of fused-ring (bicyclic) bond motifs is 6. The molecule has 3 heterocycles. The molecule has 0 radical (unpaired) electrons. The van der Waals surface area contributed by atoms with Crippen molar-refractivity contribution in [3.05, 3.63) is 81.8 Å². The van der Waals surface area contributed by atoms with Gasteiger partial charge in [-0.25, -0.2) is 9.59 Å². The van der Waals surface area contributed by atoms with Crippen molar-refractivity contribution in [1.82, 2.24) is 9.88 Å². The number of ether oxygens (including phenoxy) is 3. The van der Waals surface area contributed by atoms with Crippen molar-refractivity contribution >= 4 is 44.5 Å². The lowest BCUT2D eigenvalue weighted by molar-refractivity contribution is -0.154. The number of nitrogens with one attached hydrogen (secondary N) is 1. The lowest BCUT2D eigenvalue weighted by atomic mass is 9.96. The third kappa shape index (κ3) is 4.06. The lowest BCUT2D eigenvalue weighted by Gasteiger charge is -2.33. The summed E-state index contributed by atoms with van der Waals surface area (Å²) in [7, 11) is 2.85. The summed E-state index contributed by atoms with van der Waals surface area (Å²) in [5.41, 5.74) is 3.34.